The second-order valence-corrected chi connectivity index (χ2v) is 8.68. The van der Waals surface area contributed by atoms with Crippen molar-refractivity contribution in [1.82, 2.24) is 10.2 Å². The quantitative estimate of drug-likeness (QED) is 0.812. The zero-order valence-electron chi connectivity index (χ0n) is 13.3. The fourth-order valence-electron chi connectivity index (χ4n) is 2.13. The monoisotopic (exact) mass is 353 g/mol. The van der Waals surface area contributed by atoms with E-state index in [-0.39, 0.29) is 11.2 Å². The van der Waals surface area contributed by atoms with Crippen molar-refractivity contribution in [1.29, 1.82) is 0 Å². The number of nitrogens with zero attached hydrogens (tertiary/aromatic N) is 2. The van der Waals surface area contributed by atoms with Crippen molar-refractivity contribution in [2.24, 2.45) is 0 Å². The summed E-state index contributed by atoms with van der Waals surface area (Å²) in [6, 6.07) is 4.16. The van der Waals surface area contributed by atoms with Gasteiger partial charge in [0.15, 0.2) is 8.68 Å². The molecule has 4 nitrogen and oxygen atoms in total. The van der Waals surface area contributed by atoms with Crippen molar-refractivity contribution in [3.63, 3.8) is 0 Å². The van der Waals surface area contributed by atoms with E-state index in [0.717, 1.165) is 25.5 Å². The van der Waals surface area contributed by atoms with Gasteiger partial charge in [-0.15, -0.1) is 10.2 Å². The molecule has 0 radical (unpaired) electrons. The van der Waals surface area contributed by atoms with Gasteiger partial charge in [0.2, 0.25) is 5.91 Å². The Kier molecular flexibility index (Phi) is 5.88. The van der Waals surface area contributed by atoms with Crippen LogP contribution in [-0.2, 0) is 4.79 Å². The molecule has 0 aliphatic heterocycles. The van der Waals surface area contributed by atoms with Crippen LogP contribution in [0.1, 0.15) is 23.6 Å². The van der Waals surface area contributed by atoms with Gasteiger partial charge in [-0.05, 0) is 45.1 Å². The molecule has 0 aliphatic rings. The lowest BCUT2D eigenvalue weighted by atomic mass is 10.1. The Balaban J connectivity index is 2.05. The van der Waals surface area contributed by atoms with Crippen LogP contribution >= 0.6 is 34.9 Å². The van der Waals surface area contributed by atoms with Crippen LogP contribution in [0.5, 0.6) is 0 Å². The van der Waals surface area contributed by atoms with Gasteiger partial charge < -0.3 is 5.32 Å². The lowest BCUT2D eigenvalue weighted by Crippen LogP contribution is -2.23. The molecule has 1 N–H and O–H groups in total. The third-order valence-electron chi connectivity index (χ3n) is 3.13. The van der Waals surface area contributed by atoms with E-state index >= 15 is 0 Å². The van der Waals surface area contributed by atoms with Crippen LogP contribution in [0.25, 0.3) is 0 Å². The molecule has 0 bridgehead atoms. The van der Waals surface area contributed by atoms with Crippen molar-refractivity contribution < 1.29 is 4.79 Å². The van der Waals surface area contributed by atoms with Gasteiger partial charge >= 0.3 is 0 Å². The number of rotatable bonds is 5. The molecular formula is C15H19N3OS3. The lowest BCUT2D eigenvalue weighted by molar-refractivity contribution is -0.115. The number of aromatic nitrogens is 2. The number of carbonyl (C=O) groups excluding carboxylic acids is 1. The number of thioether (sulfide) groups is 2. The number of hydrogen-bond donors (Lipinski definition) is 1. The van der Waals surface area contributed by atoms with E-state index in [1.807, 2.05) is 27.0 Å². The number of anilines is 1. The first-order chi connectivity index (χ1) is 10.4. The molecule has 7 heteroatoms. The van der Waals surface area contributed by atoms with Crippen LogP contribution < -0.4 is 5.32 Å². The van der Waals surface area contributed by atoms with Gasteiger partial charge in [0.25, 0.3) is 0 Å². The van der Waals surface area contributed by atoms with Crippen LogP contribution in [0.3, 0.4) is 0 Å². The van der Waals surface area contributed by atoms with Crippen LogP contribution in [0.2, 0.25) is 0 Å². The number of hydrogen-bond acceptors (Lipinski definition) is 6. The first kappa shape index (κ1) is 17.3. The third kappa shape index (κ3) is 4.24. The fraction of sp³-hybridized carbons (Fsp3) is 0.400. The molecule has 2 rings (SSSR count). The summed E-state index contributed by atoms with van der Waals surface area (Å²) in [4.78, 5) is 12.4. The topological polar surface area (TPSA) is 54.9 Å². The smallest absolute Gasteiger partial charge is 0.237 e. The van der Waals surface area contributed by atoms with Crippen LogP contribution in [0, 0.1) is 20.8 Å². The number of aryl methyl sites for hydroxylation is 3. The van der Waals surface area contributed by atoms with Gasteiger partial charge in [0.05, 0.1) is 5.25 Å². The molecule has 1 atom stereocenters. The number of nitrogens with one attached hydrogen (secondary N) is 1. The Morgan fingerprint density at radius 3 is 2.32 bits per heavy atom. The zero-order chi connectivity index (χ0) is 16.3. The van der Waals surface area contributed by atoms with E-state index < -0.39 is 0 Å². The summed E-state index contributed by atoms with van der Waals surface area (Å²) in [5.74, 6) is -0.0130. The maximum absolute atomic E-state index is 12.4. The maximum atomic E-state index is 12.4. The number of benzene rings is 1. The summed E-state index contributed by atoms with van der Waals surface area (Å²) in [6.45, 7) is 7.98. The predicted octanol–water partition coefficient (Wildman–Crippen LogP) is 4.30. The van der Waals surface area contributed by atoms with Crippen molar-refractivity contribution in [2.45, 2.75) is 41.6 Å². The predicted molar refractivity (Wildman–Crippen MR) is 96.3 cm³/mol. The molecule has 1 amide bonds. The molecular weight excluding hydrogens is 334 g/mol. The van der Waals surface area contributed by atoms with Crippen LogP contribution in [0.15, 0.2) is 20.8 Å². The van der Waals surface area contributed by atoms with Gasteiger partial charge in [0, 0.05) is 5.69 Å². The molecule has 22 heavy (non-hydrogen) atoms. The summed E-state index contributed by atoms with van der Waals surface area (Å²) in [5, 5.41) is 11.0. The highest BCUT2D eigenvalue weighted by Gasteiger charge is 2.18. The van der Waals surface area contributed by atoms with E-state index in [1.54, 1.807) is 11.8 Å². The number of amides is 1. The summed E-state index contributed by atoms with van der Waals surface area (Å²) >= 11 is 4.52. The van der Waals surface area contributed by atoms with E-state index in [1.165, 1.54) is 28.7 Å². The first-order valence-electron chi connectivity index (χ1n) is 6.83. The van der Waals surface area contributed by atoms with Crippen LogP contribution in [-0.4, -0.2) is 27.6 Å². The van der Waals surface area contributed by atoms with E-state index in [0.29, 0.717) is 0 Å². The second kappa shape index (κ2) is 7.48. The normalized spacial score (nSPS) is 12.2. The minimum Gasteiger partial charge on any atom is -0.325 e. The van der Waals surface area contributed by atoms with Crippen molar-refractivity contribution in [3.05, 3.63) is 28.8 Å². The molecule has 0 aliphatic carbocycles. The molecule has 2 aromatic rings. The summed E-state index contributed by atoms with van der Waals surface area (Å²) in [6.07, 6.45) is 1.97. The zero-order valence-corrected chi connectivity index (χ0v) is 15.7. The van der Waals surface area contributed by atoms with E-state index in [2.05, 4.69) is 34.6 Å². The molecule has 0 saturated heterocycles. The highest BCUT2D eigenvalue weighted by atomic mass is 32.2. The van der Waals surface area contributed by atoms with E-state index in [4.69, 9.17) is 0 Å². The minimum absolute atomic E-state index is 0.0130. The largest absolute Gasteiger partial charge is 0.325 e. The first-order valence-corrected chi connectivity index (χ1v) is 9.75. The average Bonchev–Trinajstić information content (AvgIpc) is 2.90. The Morgan fingerprint density at radius 2 is 1.77 bits per heavy atom. The highest BCUT2D eigenvalue weighted by molar-refractivity contribution is 8.03. The van der Waals surface area contributed by atoms with Crippen molar-refractivity contribution in [3.8, 4) is 0 Å². The molecule has 1 heterocycles. The molecule has 118 valence electrons. The third-order valence-corrected chi connectivity index (χ3v) is 6.22. The standard InChI is InChI=1S/C15H19N3OS3/c1-8-6-9(2)12(10(3)7-8)16-13(19)11(4)21-15-18-17-14(20-5)22-15/h6-7,11H,1-5H3,(H,16,19). The van der Waals surface area contributed by atoms with Gasteiger partial charge in [-0.25, -0.2) is 0 Å². The van der Waals surface area contributed by atoms with Gasteiger partial charge in [0.1, 0.15) is 0 Å². The molecule has 0 fully saturated rings. The molecule has 0 saturated carbocycles. The Labute approximate surface area is 143 Å². The summed E-state index contributed by atoms with van der Waals surface area (Å²) < 4.78 is 1.74. The Hall–Kier alpha value is -1.05. The van der Waals surface area contributed by atoms with Crippen molar-refractivity contribution in [2.75, 3.05) is 11.6 Å². The average molecular weight is 354 g/mol. The lowest BCUT2D eigenvalue weighted by Gasteiger charge is -2.15. The fourth-order valence-corrected chi connectivity index (χ4v) is 4.72. The summed E-state index contributed by atoms with van der Waals surface area (Å²) in [5.41, 5.74) is 4.28. The maximum Gasteiger partial charge on any atom is 0.237 e. The summed E-state index contributed by atoms with van der Waals surface area (Å²) in [7, 11) is 0. The second-order valence-electron chi connectivity index (χ2n) is 5.06. The molecule has 0 spiro atoms. The van der Waals surface area contributed by atoms with E-state index in [9.17, 15) is 4.79 Å². The Bertz CT molecular complexity index is 661. The van der Waals surface area contributed by atoms with Crippen LogP contribution in [0.4, 0.5) is 5.69 Å². The highest BCUT2D eigenvalue weighted by Crippen LogP contribution is 2.31. The SMILES string of the molecule is CSc1nnc(SC(C)C(=O)Nc2c(C)cc(C)cc2C)s1. The van der Waals surface area contributed by atoms with Gasteiger partial charge in [-0.2, -0.15) is 0 Å². The van der Waals surface area contributed by atoms with Gasteiger partial charge in [-0.3, -0.25) is 4.79 Å². The van der Waals surface area contributed by atoms with Crippen molar-refractivity contribution >= 4 is 46.5 Å². The number of carbonyl (C=O) groups is 1. The molecule has 1 unspecified atom stereocenters. The van der Waals surface area contributed by atoms with Gasteiger partial charge in [-0.1, -0.05) is 52.6 Å². The minimum atomic E-state index is -0.220. The molecule has 1 aromatic carbocycles. The Morgan fingerprint density at radius 1 is 1.18 bits per heavy atom. The molecule has 1 aromatic heterocycles.